The molecule has 0 bridgehead atoms. The molecule has 84 valence electrons. The largest absolute Gasteiger partial charge is 0.403 e. The van der Waals surface area contributed by atoms with E-state index in [0.29, 0.717) is 6.42 Å². The summed E-state index contributed by atoms with van der Waals surface area (Å²) in [6.45, 7) is 1.88. The average molecular weight is 217 g/mol. The third-order valence-corrected chi connectivity index (χ3v) is 2.41. The van der Waals surface area contributed by atoms with Gasteiger partial charge in [0.1, 0.15) is 6.04 Å². The standard InChI is InChI=1S/C11H14F3N/c1-8-4-2-3-5-9(8)6-7-10(15)11(12,13)14/h2-5,10H,6-7,15H2,1H3/t10-/m0/s1. The van der Waals surface area contributed by atoms with Crippen molar-refractivity contribution in [1.82, 2.24) is 0 Å². The Kier molecular flexibility index (Phi) is 3.74. The van der Waals surface area contributed by atoms with Crippen LogP contribution >= 0.6 is 0 Å². The third-order valence-electron chi connectivity index (χ3n) is 2.41. The molecular formula is C11H14F3N. The molecule has 0 radical (unpaired) electrons. The second-order valence-electron chi connectivity index (χ2n) is 3.61. The molecule has 1 atom stereocenters. The lowest BCUT2D eigenvalue weighted by molar-refractivity contribution is -0.148. The predicted molar refractivity (Wildman–Crippen MR) is 53.5 cm³/mol. The maximum atomic E-state index is 12.1. The molecule has 4 heteroatoms. The summed E-state index contributed by atoms with van der Waals surface area (Å²) in [5.41, 5.74) is 6.96. The Morgan fingerprint density at radius 3 is 2.40 bits per heavy atom. The SMILES string of the molecule is Cc1ccccc1CC[C@H](N)C(F)(F)F. The van der Waals surface area contributed by atoms with Crippen molar-refractivity contribution in [3.8, 4) is 0 Å². The Morgan fingerprint density at radius 2 is 1.87 bits per heavy atom. The monoisotopic (exact) mass is 217 g/mol. The molecule has 0 saturated carbocycles. The first-order valence-electron chi connectivity index (χ1n) is 4.78. The van der Waals surface area contributed by atoms with Crippen LogP contribution in [0.5, 0.6) is 0 Å². The van der Waals surface area contributed by atoms with Gasteiger partial charge in [0.25, 0.3) is 0 Å². The van der Waals surface area contributed by atoms with E-state index in [2.05, 4.69) is 0 Å². The van der Waals surface area contributed by atoms with E-state index in [1.165, 1.54) is 0 Å². The number of aryl methyl sites for hydroxylation is 2. The van der Waals surface area contributed by atoms with E-state index in [4.69, 9.17) is 5.73 Å². The van der Waals surface area contributed by atoms with Crippen LogP contribution in [-0.4, -0.2) is 12.2 Å². The molecule has 0 heterocycles. The summed E-state index contributed by atoms with van der Waals surface area (Å²) >= 11 is 0. The van der Waals surface area contributed by atoms with Gasteiger partial charge in [-0.25, -0.2) is 0 Å². The van der Waals surface area contributed by atoms with Crippen molar-refractivity contribution in [2.24, 2.45) is 5.73 Å². The van der Waals surface area contributed by atoms with Gasteiger partial charge in [-0.15, -0.1) is 0 Å². The number of hydrogen-bond donors (Lipinski definition) is 1. The Hall–Kier alpha value is -1.03. The predicted octanol–water partition coefficient (Wildman–Crippen LogP) is 2.82. The van der Waals surface area contributed by atoms with Crippen LogP contribution < -0.4 is 5.73 Å². The van der Waals surface area contributed by atoms with E-state index in [-0.39, 0.29) is 6.42 Å². The normalized spacial score (nSPS) is 13.9. The second-order valence-corrected chi connectivity index (χ2v) is 3.61. The van der Waals surface area contributed by atoms with Crippen molar-refractivity contribution in [2.75, 3.05) is 0 Å². The lowest BCUT2D eigenvalue weighted by Crippen LogP contribution is -2.37. The molecule has 15 heavy (non-hydrogen) atoms. The summed E-state index contributed by atoms with van der Waals surface area (Å²) < 4.78 is 36.4. The van der Waals surface area contributed by atoms with Crippen LogP contribution in [0.4, 0.5) is 13.2 Å². The smallest absolute Gasteiger partial charge is 0.320 e. The molecule has 0 aromatic heterocycles. The quantitative estimate of drug-likeness (QED) is 0.827. The summed E-state index contributed by atoms with van der Waals surface area (Å²) in [5.74, 6) is 0. The van der Waals surface area contributed by atoms with Gasteiger partial charge in [-0.1, -0.05) is 24.3 Å². The van der Waals surface area contributed by atoms with Crippen molar-refractivity contribution in [2.45, 2.75) is 32.0 Å². The Balaban J connectivity index is 2.55. The van der Waals surface area contributed by atoms with Gasteiger partial charge in [-0.3, -0.25) is 0 Å². The van der Waals surface area contributed by atoms with Crippen molar-refractivity contribution in [3.63, 3.8) is 0 Å². The molecule has 0 aliphatic rings. The zero-order valence-corrected chi connectivity index (χ0v) is 8.51. The van der Waals surface area contributed by atoms with Crippen LogP contribution in [-0.2, 0) is 6.42 Å². The molecule has 0 aliphatic heterocycles. The van der Waals surface area contributed by atoms with E-state index in [1.807, 2.05) is 31.2 Å². The van der Waals surface area contributed by atoms with Crippen molar-refractivity contribution in [3.05, 3.63) is 35.4 Å². The Labute approximate surface area is 87.1 Å². The Bertz CT molecular complexity index is 320. The number of halogens is 3. The van der Waals surface area contributed by atoms with Crippen LogP contribution in [0.2, 0.25) is 0 Å². The summed E-state index contributed by atoms with van der Waals surface area (Å²) in [6.07, 6.45) is -3.98. The first-order chi connectivity index (χ1) is 6.91. The van der Waals surface area contributed by atoms with E-state index >= 15 is 0 Å². The first-order valence-corrected chi connectivity index (χ1v) is 4.78. The molecular weight excluding hydrogens is 203 g/mol. The van der Waals surface area contributed by atoms with Crippen LogP contribution in [0.1, 0.15) is 17.5 Å². The van der Waals surface area contributed by atoms with Gasteiger partial charge < -0.3 is 5.73 Å². The number of nitrogens with two attached hydrogens (primary N) is 1. The molecule has 0 amide bonds. The van der Waals surface area contributed by atoms with Gasteiger partial charge in [0.15, 0.2) is 0 Å². The summed E-state index contributed by atoms with van der Waals surface area (Å²) in [4.78, 5) is 0. The van der Waals surface area contributed by atoms with Crippen molar-refractivity contribution < 1.29 is 13.2 Å². The molecule has 1 rings (SSSR count). The lowest BCUT2D eigenvalue weighted by Gasteiger charge is -2.15. The maximum absolute atomic E-state index is 12.1. The minimum atomic E-state index is -4.29. The Morgan fingerprint density at radius 1 is 1.27 bits per heavy atom. The molecule has 1 aromatic rings. The zero-order chi connectivity index (χ0) is 11.5. The highest BCUT2D eigenvalue weighted by Gasteiger charge is 2.35. The van der Waals surface area contributed by atoms with Gasteiger partial charge >= 0.3 is 6.18 Å². The average Bonchev–Trinajstić information content (AvgIpc) is 2.14. The number of hydrogen-bond acceptors (Lipinski definition) is 1. The molecule has 0 fully saturated rings. The molecule has 0 spiro atoms. The fourth-order valence-corrected chi connectivity index (χ4v) is 1.37. The van der Waals surface area contributed by atoms with Gasteiger partial charge in [0.05, 0.1) is 0 Å². The fraction of sp³-hybridized carbons (Fsp3) is 0.455. The van der Waals surface area contributed by atoms with Crippen molar-refractivity contribution >= 4 is 0 Å². The molecule has 0 saturated heterocycles. The number of benzene rings is 1. The molecule has 0 unspecified atom stereocenters. The summed E-state index contributed by atoms with van der Waals surface area (Å²) in [5, 5.41) is 0. The van der Waals surface area contributed by atoms with E-state index in [9.17, 15) is 13.2 Å². The minimum Gasteiger partial charge on any atom is -0.320 e. The third kappa shape index (κ3) is 3.55. The topological polar surface area (TPSA) is 26.0 Å². The van der Waals surface area contributed by atoms with E-state index < -0.39 is 12.2 Å². The van der Waals surface area contributed by atoms with E-state index in [1.54, 1.807) is 0 Å². The number of rotatable bonds is 3. The molecule has 1 nitrogen and oxygen atoms in total. The number of alkyl halides is 3. The van der Waals surface area contributed by atoms with Gasteiger partial charge in [0, 0.05) is 0 Å². The molecule has 2 N–H and O–H groups in total. The lowest BCUT2D eigenvalue weighted by atomic mass is 10.0. The molecule has 0 aliphatic carbocycles. The highest BCUT2D eigenvalue weighted by atomic mass is 19.4. The minimum absolute atomic E-state index is 0.0612. The maximum Gasteiger partial charge on any atom is 0.403 e. The van der Waals surface area contributed by atoms with Gasteiger partial charge in [0.2, 0.25) is 0 Å². The highest BCUT2D eigenvalue weighted by molar-refractivity contribution is 5.25. The summed E-state index contributed by atoms with van der Waals surface area (Å²) in [6, 6.07) is 5.67. The second kappa shape index (κ2) is 4.66. The zero-order valence-electron chi connectivity index (χ0n) is 8.51. The van der Waals surface area contributed by atoms with Gasteiger partial charge in [-0.05, 0) is 30.9 Å². The van der Waals surface area contributed by atoms with E-state index in [0.717, 1.165) is 11.1 Å². The first kappa shape index (κ1) is 12.0. The summed E-state index contributed by atoms with van der Waals surface area (Å²) in [7, 11) is 0. The van der Waals surface area contributed by atoms with Crippen LogP contribution in [0, 0.1) is 6.92 Å². The van der Waals surface area contributed by atoms with Crippen LogP contribution in [0.15, 0.2) is 24.3 Å². The van der Waals surface area contributed by atoms with Crippen LogP contribution in [0.3, 0.4) is 0 Å². The van der Waals surface area contributed by atoms with Crippen molar-refractivity contribution in [1.29, 1.82) is 0 Å². The highest BCUT2D eigenvalue weighted by Crippen LogP contribution is 2.22. The molecule has 1 aromatic carbocycles. The fourth-order valence-electron chi connectivity index (χ4n) is 1.37. The van der Waals surface area contributed by atoms with Crippen LogP contribution in [0.25, 0.3) is 0 Å². The van der Waals surface area contributed by atoms with Gasteiger partial charge in [-0.2, -0.15) is 13.2 Å².